The van der Waals surface area contributed by atoms with Crippen LogP contribution in [-0.4, -0.2) is 86.0 Å². The zero-order chi connectivity index (χ0) is 19.0. The van der Waals surface area contributed by atoms with Gasteiger partial charge in [0.1, 0.15) is 0 Å². The number of methoxy groups -OCH3 is 1. The molecule has 1 N–H and O–H groups in total. The molecule has 4 atom stereocenters. The first-order chi connectivity index (χ1) is 13.0. The van der Waals surface area contributed by atoms with Crippen LogP contribution in [0.1, 0.15) is 46.5 Å². The van der Waals surface area contributed by atoms with Crippen LogP contribution in [0.15, 0.2) is 4.99 Å². The second kappa shape index (κ2) is 9.35. The Hall–Kier alpha value is -0.120. The number of ether oxygens (including phenoxy) is 2. The maximum absolute atomic E-state index is 6.13. The minimum Gasteiger partial charge on any atom is -0.381 e. The van der Waals surface area contributed by atoms with E-state index in [2.05, 4.69) is 35.9 Å². The van der Waals surface area contributed by atoms with Gasteiger partial charge >= 0.3 is 0 Å². The van der Waals surface area contributed by atoms with Crippen molar-refractivity contribution in [1.82, 2.24) is 15.1 Å². The lowest BCUT2D eigenvalue weighted by Gasteiger charge is -2.42. The average Bonchev–Trinajstić information content (AvgIpc) is 3.38. The predicted molar refractivity (Wildman–Crippen MR) is 124 cm³/mol. The van der Waals surface area contributed by atoms with Crippen molar-refractivity contribution in [2.75, 3.05) is 46.4 Å². The fourth-order valence-electron chi connectivity index (χ4n) is 5.62. The Bertz CT molecular complexity index is 533. The van der Waals surface area contributed by atoms with Crippen LogP contribution in [0.4, 0.5) is 0 Å². The lowest BCUT2D eigenvalue weighted by molar-refractivity contribution is 0.00902. The lowest BCUT2D eigenvalue weighted by atomic mass is 9.82. The lowest BCUT2D eigenvalue weighted by Crippen LogP contribution is -2.52. The van der Waals surface area contributed by atoms with Crippen molar-refractivity contribution in [2.24, 2.45) is 16.8 Å². The van der Waals surface area contributed by atoms with E-state index in [-0.39, 0.29) is 29.5 Å². The van der Waals surface area contributed by atoms with Gasteiger partial charge in [-0.3, -0.25) is 9.89 Å². The highest BCUT2D eigenvalue weighted by Gasteiger charge is 2.53. The molecular weight excluding hydrogens is 467 g/mol. The third-order valence-corrected chi connectivity index (χ3v) is 7.33. The first-order valence-electron chi connectivity index (χ1n) is 11.0. The van der Waals surface area contributed by atoms with Crippen molar-refractivity contribution >= 4 is 29.9 Å². The van der Waals surface area contributed by atoms with Crippen LogP contribution in [0.25, 0.3) is 0 Å². The molecule has 0 radical (unpaired) electrons. The van der Waals surface area contributed by atoms with E-state index in [1.165, 1.54) is 12.8 Å². The zero-order valence-corrected chi connectivity index (χ0v) is 20.4. The molecule has 4 aliphatic heterocycles. The number of hydrogen-bond donors (Lipinski definition) is 1. The average molecular weight is 506 g/mol. The number of halogens is 1. The smallest absolute Gasteiger partial charge is 0.194 e. The molecule has 4 rings (SSSR count). The topological polar surface area (TPSA) is 49.3 Å². The van der Waals surface area contributed by atoms with Crippen LogP contribution in [0, 0.1) is 11.8 Å². The summed E-state index contributed by atoms with van der Waals surface area (Å²) in [6.07, 6.45) is 6.22. The molecule has 6 nitrogen and oxygen atoms in total. The van der Waals surface area contributed by atoms with Gasteiger partial charge < -0.3 is 19.7 Å². The van der Waals surface area contributed by atoms with Gasteiger partial charge in [-0.2, -0.15) is 0 Å². The zero-order valence-electron chi connectivity index (χ0n) is 18.0. The fourth-order valence-corrected chi connectivity index (χ4v) is 5.62. The molecule has 0 amide bonds. The van der Waals surface area contributed by atoms with E-state index in [1.807, 2.05) is 7.11 Å². The van der Waals surface area contributed by atoms with Crippen LogP contribution in [0.5, 0.6) is 0 Å². The second-order valence-corrected chi connectivity index (χ2v) is 9.43. The molecule has 2 bridgehead atoms. The summed E-state index contributed by atoms with van der Waals surface area (Å²) in [5.74, 6) is 2.54. The van der Waals surface area contributed by atoms with Crippen molar-refractivity contribution in [3.05, 3.63) is 0 Å². The summed E-state index contributed by atoms with van der Waals surface area (Å²) < 4.78 is 11.7. The molecule has 4 saturated heterocycles. The van der Waals surface area contributed by atoms with Crippen molar-refractivity contribution in [3.63, 3.8) is 0 Å². The van der Waals surface area contributed by atoms with E-state index < -0.39 is 0 Å². The molecule has 0 spiro atoms. The van der Waals surface area contributed by atoms with Crippen molar-refractivity contribution < 1.29 is 9.47 Å². The quantitative estimate of drug-likeness (QED) is 0.353. The van der Waals surface area contributed by atoms with Gasteiger partial charge in [-0.1, -0.05) is 0 Å². The van der Waals surface area contributed by atoms with E-state index in [0.29, 0.717) is 30.1 Å². The van der Waals surface area contributed by atoms with Crippen molar-refractivity contribution in [2.45, 2.75) is 70.3 Å². The molecule has 7 heteroatoms. The van der Waals surface area contributed by atoms with E-state index >= 15 is 0 Å². The van der Waals surface area contributed by atoms with Gasteiger partial charge in [-0.05, 0) is 46.5 Å². The van der Waals surface area contributed by atoms with Crippen molar-refractivity contribution in [1.29, 1.82) is 0 Å². The number of piperidine rings is 1. The Morgan fingerprint density at radius 1 is 1.11 bits per heavy atom. The summed E-state index contributed by atoms with van der Waals surface area (Å²) in [5.41, 5.74) is 0.0805. The first kappa shape index (κ1) is 22.6. The summed E-state index contributed by atoms with van der Waals surface area (Å²) in [7, 11) is 1.83. The highest BCUT2D eigenvalue weighted by molar-refractivity contribution is 14.0. The molecule has 4 unspecified atom stereocenters. The Kier molecular flexibility index (Phi) is 7.53. The highest BCUT2D eigenvalue weighted by atomic mass is 127. The number of rotatable bonds is 5. The van der Waals surface area contributed by atoms with Crippen LogP contribution < -0.4 is 5.32 Å². The number of fused-ring (bicyclic) bond motifs is 5. The van der Waals surface area contributed by atoms with Crippen molar-refractivity contribution in [3.8, 4) is 0 Å². The molecule has 0 aromatic rings. The molecular formula is C21H39IN4O2. The third kappa shape index (κ3) is 4.47. The fraction of sp³-hybridized carbons (Fsp3) is 0.952. The second-order valence-electron chi connectivity index (χ2n) is 9.43. The summed E-state index contributed by atoms with van der Waals surface area (Å²) in [4.78, 5) is 10.2. The maximum atomic E-state index is 6.13. The van der Waals surface area contributed by atoms with Crippen LogP contribution in [0.3, 0.4) is 0 Å². The Labute approximate surface area is 187 Å². The molecule has 28 heavy (non-hydrogen) atoms. The number of aliphatic imine (C=N–C) groups is 1. The van der Waals surface area contributed by atoms with E-state index in [4.69, 9.17) is 14.5 Å². The van der Waals surface area contributed by atoms with Gasteiger partial charge in [0.25, 0.3) is 0 Å². The molecule has 0 aliphatic carbocycles. The summed E-state index contributed by atoms with van der Waals surface area (Å²) in [5, 5.41) is 3.55. The van der Waals surface area contributed by atoms with E-state index in [0.717, 1.165) is 58.1 Å². The number of likely N-dealkylation sites (tertiary alicyclic amines) is 2. The molecule has 4 aliphatic rings. The van der Waals surface area contributed by atoms with Crippen LogP contribution >= 0.6 is 24.0 Å². The normalized spacial score (nSPS) is 33.9. The summed E-state index contributed by atoms with van der Waals surface area (Å²) in [6.45, 7) is 13.0. The summed E-state index contributed by atoms with van der Waals surface area (Å²) in [6, 6.07) is 0. The Morgan fingerprint density at radius 3 is 2.25 bits per heavy atom. The van der Waals surface area contributed by atoms with Gasteiger partial charge in [-0.25, -0.2) is 0 Å². The highest BCUT2D eigenvalue weighted by Crippen LogP contribution is 2.47. The van der Waals surface area contributed by atoms with Gasteiger partial charge in [0, 0.05) is 57.2 Å². The largest absolute Gasteiger partial charge is 0.381 e. The molecule has 0 aromatic heterocycles. The maximum Gasteiger partial charge on any atom is 0.194 e. The Morgan fingerprint density at radius 2 is 1.71 bits per heavy atom. The minimum absolute atomic E-state index is 0. The molecule has 4 fully saturated rings. The minimum atomic E-state index is 0. The molecule has 0 aromatic carbocycles. The summed E-state index contributed by atoms with van der Waals surface area (Å²) >= 11 is 0. The molecule has 162 valence electrons. The number of guanidine groups is 1. The molecule has 0 saturated carbocycles. The first-order valence-corrected chi connectivity index (χ1v) is 11.0. The van der Waals surface area contributed by atoms with E-state index in [9.17, 15) is 0 Å². The van der Waals surface area contributed by atoms with Crippen LogP contribution in [0.2, 0.25) is 0 Å². The van der Waals surface area contributed by atoms with E-state index in [1.54, 1.807) is 0 Å². The Balaban J connectivity index is 0.00000225. The van der Waals surface area contributed by atoms with Gasteiger partial charge in [0.2, 0.25) is 0 Å². The monoisotopic (exact) mass is 506 g/mol. The predicted octanol–water partition coefficient (Wildman–Crippen LogP) is 2.57. The third-order valence-electron chi connectivity index (χ3n) is 7.33. The van der Waals surface area contributed by atoms with Gasteiger partial charge in [0.05, 0.1) is 24.9 Å². The van der Waals surface area contributed by atoms with Gasteiger partial charge in [-0.15, -0.1) is 24.0 Å². The van der Waals surface area contributed by atoms with Crippen LogP contribution in [-0.2, 0) is 9.47 Å². The SMILES string of the molecule is CCNC(=NCC(C)(C)N1CCC(OC)CC1)N1CC2C3CCC(O3)C2C1.I. The number of nitrogens with one attached hydrogen (secondary N) is 1. The standard InChI is InChI=1S/C21H38N4O2.HI/c1-5-22-20(24-12-16-17(13-24)19-7-6-18(16)27-19)23-14-21(2,3)25-10-8-15(26-4)9-11-25;/h15-19H,5-14H2,1-4H3,(H,22,23);1H. The number of hydrogen-bond acceptors (Lipinski definition) is 4. The number of nitrogens with zero attached hydrogens (tertiary/aromatic N) is 3. The molecule has 4 heterocycles. The van der Waals surface area contributed by atoms with Gasteiger partial charge in [0.15, 0.2) is 5.96 Å².